The maximum absolute atomic E-state index is 11.4. The number of nitrogens with zero attached hydrogens (tertiary/aromatic N) is 2. The third-order valence-electron chi connectivity index (χ3n) is 3.19. The molecular formula is C16H17N3OS. The number of carbonyl (C=O) groups is 1. The molecule has 0 aliphatic carbocycles. The highest BCUT2D eigenvalue weighted by molar-refractivity contribution is 7.12. The van der Waals surface area contributed by atoms with Crippen LogP contribution in [0.3, 0.4) is 0 Å². The maximum atomic E-state index is 11.4. The van der Waals surface area contributed by atoms with Crippen molar-refractivity contribution in [3.05, 3.63) is 51.7 Å². The highest BCUT2D eigenvalue weighted by Crippen LogP contribution is 2.20. The second-order valence-electron chi connectivity index (χ2n) is 4.76. The number of amides is 1. The smallest absolute Gasteiger partial charge is 0.219 e. The third kappa shape index (κ3) is 4.07. The molecule has 1 N–H and O–H groups in total. The lowest BCUT2D eigenvalue weighted by Crippen LogP contribution is -2.23. The van der Waals surface area contributed by atoms with Gasteiger partial charge >= 0.3 is 0 Å². The number of hydrogen-bond donors (Lipinski definition) is 1. The van der Waals surface area contributed by atoms with Gasteiger partial charge in [-0.25, -0.2) is 0 Å². The Bertz CT molecular complexity index is 672. The van der Waals surface area contributed by atoms with Crippen molar-refractivity contribution in [1.29, 1.82) is 5.26 Å². The van der Waals surface area contributed by atoms with Crippen LogP contribution >= 0.6 is 11.3 Å². The average molecular weight is 299 g/mol. The summed E-state index contributed by atoms with van der Waals surface area (Å²) in [6, 6.07) is 13.9. The molecule has 0 saturated heterocycles. The van der Waals surface area contributed by atoms with Crippen molar-refractivity contribution < 1.29 is 4.79 Å². The second-order valence-corrected chi connectivity index (χ2v) is 5.93. The Morgan fingerprint density at radius 1 is 1.33 bits per heavy atom. The van der Waals surface area contributed by atoms with Crippen LogP contribution in [0.25, 0.3) is 0 Å². The highest BCUT2D eigenvalue weighted by atomic mass is 32.1. The van der Waals surface area contributed by atoms with Gasteiger partial charge in [0.05, 0.1) is 0 Å². The largest absolute Gasteiger partial charge is 0.380 e. The van der Waals surface area contributed by atoms with E-state index in [-0.39, 0.29) is 5.91 Å². The van der Waals surface area contributed by atoms with Crippen molar-refractivity contribution in [2.75, 3.05) is 12.4 Å². The van der Waals surface area contributed by atoms with Crippen LogP contribution in [0.15, 0.2) is 36.4 Å². The molecule has 0 saturated carbocycles. The molecule has 21 heavy (non-hydrogen) atoms. The first kappa shape index (κ1) is 15.1. The zero-order valence-corrected chi connectivity index (χ0v) is 12.9. The summed E-state index contributed by atoms with van der Waals surface area (Å²) in [4.78, 5) is 14.9. The lowest BCUT2D eigenvalue weighted by Gasteiger charge is -2.18. The molecule has 0 unspecified atom stereocenters. The van der Waals surface area contributed by atoms with Gasteiger partial charge in [-0.05, 0) is 23.8 Å². The van der Waals surface area contributed by atoms with Gasteiger partial charge in [0.2, 0.25) is 5.91 Å². The zero-order valence-electron chi connectivity index (χ0n) is 12.1. The Balaban J connectivity index is 2.06. The lowest BCUT2D eigenvalue weighted by atomic mass is 10.1. The number of rotatable bonds is 5. The van der Waals surface area contributed by atoms with E-state index in [1.165, 1.54) is 11.3 Å². The highest BCUT2D eigenvalue weighted by Gasteiger charge is 2.08. The number of anilines is 1. The number of para-hydroxylation sites is 1. The number of nitrogens with one attached hydrogen (secondary N) is 1. The van der Waals surface area contributed by atoms with Gasteiger partial charge in [0.15, 0.2) is 0 Å². The van der Waals surface area contributed by atoms with Gasteiger partial charge in [-0.15, -0.1) is 11.3 Å². The molecule has 2 rings (SSSR count). The first-order valence-corrected chi connectivity index (χ1v) is 7.44. The molecule has 0 aliphatic heterocycles. The normalized spacial score (nSPS) is 9.95. The summed E-state index contributed by atoms with van der Waals surface area (Å²) < 4.78 is 0. The van der Waals surface area contributed by atoms with Crippen molar-refractivity contribution in [1.82, 2.24) is 4.90 Å². The number of nitriles is 1. The molecule has 1 aromatic heterocycles. The SMILES string of the molecule is CC(=O)N(C)Cc1ccccc1NCc1ccc(C#N)s1. The standard InChI is InChI=1S/C16H17N3OS/c1-12(20)19(2)11-13-5-3-4-6-16(13)18-10-15-8-7-14(9-17)21-15/h3-8,18H,10-11H2,1-2H3. The number of benzene rings is 1. The van der Waals surface area contributed by atoms with E-state index in [4.69, 9.17) is 5.26 Å². The first-order valence-electron chi connectivity index (χ1n) is 6.62. The monoisotopic (exact) mass is 299 g/mol. The van der Waals surface area contributed by atoms with Crippen LogP contribution in [-0.4, -0.2) is 17.9 Å². The van der Waals surface area contributed by atoms with E-state index < -0.39 is 0 Å². The Morgan fingerprint density at radius 2 is 2.10 bits per heavy atom. The summed E-state index contributed by atoms with van der Waals surface area (Å²) in [5.74, 6) is 0.0433. The van der Waals surface area contributed by atoms with Gasteiger partial charge in [-0.1, -0.05) is 18.2 Å². The fraction of sp³-hybridized carbons (Fsp3) is 0.250. The number of thiophene rings is 1. The van der Waals surface area contributed by atoms with Gasteiger partial charge < -0.3 is 10.2 Å². The lowest BCUT2D eigenvalue weighted by molar-refractivity contribution is -0.128. The molecule has 1 amide bonds. The van der Waals surface area contributed by atoms with Gasteiger partial charge in [0.1, 0.15) is 10.9 Å². The molecule has 4 nitrogen and oxygen atoms in total. The predicted molar refractivity (Wildman–Crippen MR) is 85.0 cm³/mol. The van der Waals surface area contributed by atoms with Crippen LogP contribution < -0.4 is 5.32 Å². The van der Waals surface area contributed by atoms with E-state index in [9.17, 15) is 4.79 Å². The Hall–Kier alpha value is -2.32. The molecule has 1 heterocycles. The molecule has 2 aromatic rings. The van der Waals surface area contributed by atoms with Gasteiger partial charge in [-0.3, -0.25) is 4.79 Å². The van der Waals surface area contributed by atoms with Crippen LogP contribution in [0.2, 0.25) is 0 Å². The van der Waals surface area contributed by atoms with E-state index in [0.29, 0.717) is 13.1 Å². The summed E-state index contributed by atoms with van der Waals surface area (Å²) in [7, 11) is 1.79. The number of hydrogen-bond acceptors (Lipinski definition) is 4. The maximum Gasteiger partial charge on any atom is 0.219 e. The summed E-state index contributed by atoms with van der Waals surface area (Å²) in [6.45, 7) is 2.81. The average Bonchev–Trinajstić information content (AvgIpc) is 2.94. The minimum Gasteiger partial charge on any atom is -0.380 e. The molecule has 0 spiro atoms. The van der Waals surface area contributed by atoms with Gasteiger partial charge in [-0.2, -0.15) is 5.26 Å². The van der Waals surface area contributed by atoms with Gasteiger partial charge in [0.25, 0.3) is 0 Å². The minimum atomic E-state index is 0.0433. The van der Waals surface area contributed by atoms with Crippen molar-refractivity contribution in [2.24, 2.45) is 0 Å². The topological polar surface area (TPSA) is 56.1 Å². The summed E-state index contributed by atoms with van der Waals surface area (Å²) in [5.41, 5.74) is 2.09. The van der Waals surface area contributed by atoms with E-state index in [2.05, 4.69) is 11.4 Å². The van der Waals surface area contributed by atoms with E-state index in [1.807, 2.05) is 36.4 Å². The molecule has 1 aromatic carbocycles. The molecule has 0 aliphatic rings. The molecule has 0 fully saturated rings. The molecular weight excluding hydrogens is 282 g/mol. The van der Waals surface area contributed by atoms with Gasteiger partial charge in [0, 0.05) is 37.6 Å². The zero-order chi connectivity index (χ0) is 15.2. The summed E-state index contributed by atoms with van der Waals surface area (Å²) in [6.07, 6.45) is 0. The number of carbonyl (C=O) groups excluding carboxylic acids is 1. The fourth-order valence-corrected chi connectivity index (χ4v) is 2.66. The Labute approximate surface area is 128 Å². The summed E-state index contributed by atoms with van der Waals surface area (Å²) >= 11 is 1.49. The minimum absolute atomic E-state index is 0.0433. The Morgan fingerprint density at radius 3 is 2.76 bits per heavy atom. The quantitative estimate of drug-likeness (QED) is 0.922. The van der Waals surface area contributed by atoms with Crippen molar-refractivity contribution in [3.63, 3.8) is 0 Å². The second kappa shape index (κ2) is 6.91. The fourth-order valence-electron chi connectivity index (χ4n) is 1.91. The predicted octanol–water partition coefficient (Wildman–Crippen LogP) is 3.21. The molecule has 0 radical (unpaired) electrons. The van der Waals surface area contributed by atoms with E-state index in [1.54, 1.807) is 18.9 Å². The van der Waals surface area contributed by atoms with Crippen LogP contribution in [0.1, 0.15) is 22.2 Å². The molecule has 0 atom stereocenters. The third-order valence-corrected chi connectivity index (χ3v) is 4.18. The van der Waals surface area contributed by atoms with E-state index in [0.717, 1.165) is 21.0 Å². The van der Waals surface area contributed by atoms with Crippen molar-refractivity contribution in [3.8, 4) is 6.07 Å². The molecule has 5 heteroatoms. The van der Waals surface area contributed by atoms with Crippen molar-refractivity contribution in [2.45, 2.75) is 20.0 Å². The molecule has 108 valence electrons. The van der Waals surface area contributed by atoms with Crippen molar-refractivity contribution >= 4 is 22.9 Å². The van der Waals surface area contributed by atoms with Crippen LogP contribution in [0.5, 0.6) is 0 Å². The summed E-state index contributed by atoms with van der Waals surface area (Å²) in [5, 5.41) is 12.2. The van der Waals surface area contributed by atoms with E-state index >= 15 is 0 Å². The van der Waals surface area contributed by atoms with Crippen LogP contribution in [-0.2, 0) is 17.9 Å². The Kier molecular flexibility index (Phi) is 4.96. The molecule has 0 bridgehead atoms. The first-order chi connectivity index (χ1) is 10.1. The van der Waals surface area contributed by atoms with Crippen LogP contribution in [0.4, 0.5) is 5.69 Å². The van der Waals surface area contributed by atoms with Crippen LogP contribution in [0, 0.1) is 11.3 Å².